The molecule has 1 rings (SSSR count). The molecule has 0 bridgehead atoms. The number of imide groups is 1. The molecule has 1 saturated heterocycles. The summed E-state index contributed by atoms with van der Waals surface area (Å²) >= 11 is 0. The van der Waals surface area contributed by atoms with Crippen molar-refractivity contribution in [3.63, 3.8) is 0 Å². The second-order valence-electron chi connectivity index (χ2n) is 3.86. The van der Waals surface area contributed by atoms with Gasteiger partial charge < -0.3 is 0 Å². The lowest BCUT2D eigenvalue weighted by atomic mass is 9.79. The van der Waals surface area contributed by atoms with Crippen molar-refractivity contribution in [3.05, 3.63) is 0 Å². The molecule has 1 aliphatic rings. The Hall–Kier alpha value is -0.860. The number of amides is 2. The highest BCUT2D eigenvalue weighted by atomic mass is 16.2. The smallest absolute Gasteiger partial charge is 0.230 e. The molecule has 1 aliphatic heterocycles. The summed E-state index contributed by atoms with van der Waals surface area (Å²) in [6.45, 7) is 5.98. The Kier molecular flexibility index (Phi) is 2.50. The van der Waals surface area contributed by atoms with E-state index in [0.717, 1.165) is 0 Å². The Morgan fingerprint density at radius 2 is 2.00 bits per heavy atom. The van der Waals surface area contributed by atoms with E-state index in [-0.39, 0.29) is 23.7 Å². The van der Waals surface area contributed by atoms with E-state index < -0.39 is 0 Å². The Morgan fingerprint density at radius 1 is 1.42 bits per heavy atom. The normalized spacial score (nSPS) is 30.7. The fourth-order valence-corrected chi connectivity index (χ4v) is 1.91. The third kappa shape index (κ3) is 1.65. The largest absolute Gasteiger partial charge is 0.296 e. The predicted octanol–water partition coefficient (Wildman–Crippen LogP) is 0.941. The molecule has 0 spiro atoms. The maximum atomic E-state index is 11.3. The van der Waals surface area contributed by atoms with Crippen molar-refractivity contribution in [1.29, 1.82) is 0 Å². The van der Waals surface area contributed by atoms with Crippen molar-refractivity contribution < 1.29 is 9.59 Å². The van der Waals surface area contributed by atoms with E-state index in [1.54, 1.807) is 0 Å². The van der Waals surface area contributed by atoms with Crippen LogP contribution in [0.1, 0.15) is 27.2 Å². The first-order chi connectivity index (χ1) is 5.52. The number of carbonyl (C=O) groups is 2. The fourth-order valence-electron chi connectivity index (χ4n) is 1.91. The molecule has 12 heavy (non-hydrogen) atoms. The van der Waals surface area contributed by atoms with Crippen LogP contribution in [0, 0.1) is 17.8 Å². The molecule has 1 N–H and O–H groups in total. The van der Waals surface area contributed by atoms with Crippen LogP contribution in [0.3, 0.4) is 0 Å². The van der Waals surface area contributed by atoms with E-state index in [0.29, 0.717) is 12.3 Å². The van der Waals surface area contributed by atoms with Gasteiger partial charge in [0.1, 0.15) is 0 Å². The summed E-state index contributed by atoms with van der Waals surface area (Å²) in [6, 6.07) is 0. The van der Waals surface area contributed by atoms with Crippen LogP contribution in [0.2, 0.25) is 0 Å². The number of rotatable bonds is 1. The minimum atomic E-state index is -0.135. The van der Waals surface area contributed by atoms with E-state index in [4.69, 9.17) is 0 Å². The molecule has 0 aliphatic carbocycles. The summed E-state index contributed by atoms with van der Waals surface area (Å²) in [5, 5.41) is 2.36. The minimum Gasteiger partial charge on any atom is -0.296 e. The Morgan fingerprint density at radius 3 is 2.42 bits per heavy atom. The van der Waals surface area contributed by atoms with Crippen LogP contribution >= 0.6 is 0 Å². The van der Waals surface area contributed by atoms with Crippen LogP contribution in [-0.4, -0.2) is 11.8 Å². The zero-order valence-corrected chi connectivity index (χ0v) is 7.76. The molecule has 2 amide bonds. The van der Waals surface area contributed by atoms with Crippen LogP contribution in [0.5, 0.6) is 0 Å². The monoisotopic (exact) mass is 169 g/mol. The molecular weight excluding hydrogens is 154 g/mol. The lowest BCUT2D eigenvalue weighted by molar-refractivity contribution is -0.139. The van der Waals surface area contributed by atoms with E-state index in [1.807, 2.05) is 20.8 Å². The molecule has 3 heteroatoms. The molecule has 68 valence electrons. The summed E-state index contributed by atoms with van der Waals surface area (Å²) in [5.41, 5.74) is 0. The van der Waals surface area contributed by atoms with Gasteiger partial charge in [-0.05, 0) is 11.8 Å². The first-order valence-corrected chi connectivity index (χ1v) is 4.36. The first kappa shape index (κ1) is 9.23. The second-order valence-corrected chi connectivity index (χ2v) is 3.86. The second kappa shape index (κ2) is 3.25. The third-order valence-corrected chi connectivity index (χ3v) is 2.40. The summed E-state index contributed by atoms with van der Waals surface area (Å²) in [4.78, 5) is 22.2. The average molecular weight is 169 g/mol. The highest BCUT2D eigenvalue weighted by Crippen LogP contribution is 2.26. The lowest BCUT2D eigenvalue weighted by Crippen LogP contribution is -2.46. The fraction of sp³-hybridized carbons (Fsp3) is 0.778. The van der Waals surface area contributed by atoms with Gasteiger partial charge in [0, 0.05) is 12.3 Å². The minimum absolute atomic E-state index is 0.00250. The number of hydrogen-bond donors (Lipinski definition) is 1. The van der Waals surface area contributed by atoms with Gasteiger partial charge in [0.05, 0.1) is 0 Å². The van der Waals surface area contributed by atoms with Crippen molar-refractivity contribution in [3.8, 4) is 0 Å². The van der Waals surface area contributed by atoms with Crippen molar-refractivity contribution in [2.45, 2.75) is 27.2 Å². The quantitative estimate of drug-likeness (QED) is 0.594. The number of carbonyl (C=O) groups excluding carboxylic acids is 2. The van der Waals surface area contributed by atoms with Crippen LogP contribution < -0.4 is 5.32 Å². The summed E-state index contributed by atoms with van der Waals surface area (Å²) in [5.74, 6) is 0.264. The summed E-state index contributed by atoms with van der Waals surface area (Å²) in [6.07, 6.45) is 0.481. The molecule has 2 unspecified atom stereocenters. The molecule has 0 aromatic heterocycles. The molecule has 2 atom stereocenters. The lowest BCUT2D eigenvalue weighted by Gasteiger charge is -2.29. The SMILES string of the molecule is CC(C)C1C(=O)NC(=O)CC1C. The number of nitrogens with one attached hydrogen (secondary N) is 1. The van der Waals surface area contributed by atoms with Crippen molar-refractivity contribution >= 4 is 11.8 Å². The van der Waals surface area contributed by atoms with E-state index >= 15 is 0 Å². The van der Waals surface area contributed by atoms with Crippen molar-refractivity contribution in [2.75, 3.05) is 0 Å². The third-order valence-electron chi connectivity index (χ3n) is 2.40. The van der Waals surface area contributed by atoms with Crippen LogP contribution in [0.25, 0.3) is 0 Å². The standard InChI is InChI=1S/C9H15NO2/c1-5(2)8-6(3)4-7(11)10-9(8)12/h5-6,8H,4H2,1-3H3,(H,10,11,12). The van der Waals surface area contributed by atoms with Gasteiger partial charge in [-0.15, -0.1) is 0 Å². The van der Waals surface area contributed by atoms with Crippen molar-refractivity contribution in [2.24, 2.45) is 17.8 Å². The molecule has 3 nitrogen and oxygen atoms in total. The molecule has 1 heterocycles. The molecule has 0 aromatic carbocycles. The highest BCUT2D eigenvalue weighted by molar-refractivity contribution is 5.99. The van der Waals surface area contributed by atoms with E-state index in [1.165, 1.54) is 0 Å². The summed E-state index contributed by atoms with van der Waals surface area (Å²) < 4.78 is 0. The Balaban J connectivity index is 2.73. The Labute approximate surface area is 72.5 Å². The van der Waals surface area contributed by atoms with Gasteiger partial charge in [-0.3, -0.25) is 14.9 Å². The predicted molar refractivity (Wildman–Crippen MR) is 45.3 cm³/mol. The van der Waals surface area contributed by atoms with E-state index in [2.05, 4.69) is 5.32 Å². The maximum absolute atomic E-state index is 11.3. The van der Waals surface area contributed by atoms with Gasteiger partial charge in [-0.2, -0.15) is 0 Å². The molecule has 0 aromatic rings. The molecule has 0 radical (unpaired) electrons. The summed E-state index contributed by atoms with van der Waals surface area (Å²) in [7, 11) is 0. The van der Waals surface area contributed by atoms with Gasteiger partial charge in [0.15, 0.2) is 0 Å². The number of piperidine rings is 1. The number of hydrogen-bond acceptors (Lipinski definition) is 2. The zero-order chi connectivity index (χ0) is 9.30. The average Bonchev–Trinajstić information content (AvgIpc) is 1.82. The van der Waals surface area contributed by atoms with E-state index in [9.17, 15) is 9.59 Å². The van der Waals surface area contributed by atoms with Crippen LogP contribution in [0.15, 0.2) is 0 Å². The van der Waals surface area contributed by atoms with Gasteiger partial charge in [-0.1, -0.05) is 20.8 Å². The van der Waals surface area contributed by atoms with Gasteiger partial charge in [0.25, 0.3) is 0 Å². The van der Waals surface area contributed by atoms with Crippen LogP contribution in [0.4, 0.5) is 0 Å². The molecule has 1 fully saturated rings. The Bertz CT molecular complexity index is 211. The zero-order valence-electron chi connectivity index (χ0n) is 7.76. The van der Waals surface area contributed by atoms with Gasteiger partial charge in [-0.25, -0.2) is 0 Å². The van der Waals surface area contributed by atoms with Gasteiger partial charge >= 0.3 is 0 Å². The first-order valence-electron chi connectivity index (χ1n) is 4.36. The van der Waals surface area contributed by atoms with Crippen LogP contribution in [-0.2, 0) is 9.59 Å². The molecular formula is C9H15NO2. The molecule has 0 saturated carbocycles. The van der Waals surface area contributed by atoms with Gasteiger partial charge in [0.2, 0.25) is 11.8 Å². The van der Waals surface area contributed by atoms with Crippen molar-refractivity contribution in [1.82, 2.24) is 5.32 Å². The topological polar surface area (TPSA) is 46.2 Å². The highest BCUT2D eigenvalue weighted by Gasteiger charge is 2.34. The maximum Gasteiger partial charge on any atom is 0.230 e.